The quantitative estimate of drug-likeness (QED) is 0.162. The fourth-order valence-corrected chi connectivity index (χ4v) is 2.79. The minimum atomic E-state index is -0.625. The molecule has 178 valence electrons. The lowest BCUT2D eigenvalue weighted by Gasteiger charge is -2.11. The second-order valence-electron chi connectivity index (χ2n) is 8.03. The summed E-state index contributed by atoms with van der Waals surface area (Å²) in [5, 5.41) is 5.65. The van der Waals surface area contributed by atoms with Gasteiger partial charge in [-0.25, -0.2) is 9.79 Å². The number of alkyl carbamates (subject to hydrolysis) is 1. The number of carbonyl (C=O) groups is 2. The summed E-state index contributed by atoms with van der Waals surface area (Å²) in [6, 6.07) is 6.84. The van der Waals surface area contributed by atoms with Gasteiger partial charge in [-0.2, -0.15) is 0 Å². The van der Waals surface area contributed by atoms with Gasteiger partial charge in [0.2, 0.25) is 5.96 Å². The van der Waals surface area contributed by atoms with Crippen LogP contribution in [0.1, 0.15) is 63.7 Å². The molecule has 0 spiro atoms. The molecule has 0 aliphatic carbocycles. The minimum Gasteiger partial charge on any atom is -0.445 e. The average molecular weight is 452 g/mol. The molecule has 1 rings (SSSR count). The van der Waals surface area contributed by atoms with Crippen LogP contribution in [0.3, 0.4) is 0 Å². The van der Waals surface area contributed by atoms with Gasteiger partial charge in [-0.15, -0.1) is 0 Å². The first-order valence-electron chi connectivity index (χ1n) is 11.2. The Morgan fingerprint density at radius 3 is 2.24 bits per heavy atom. The van der Waals surface area contributed by atoms with Crippen LogP contribution in [0.5, 0.6) is 0 Å². The van der Waals surface area contributed by atoms with Gasteiger partial charge in [-0.3, -0.25) is 10.1 Å². The summed E-state index contributed by atoms with van der Waals surface area (Å²) in [5.41, 5.74) is 5.26. The lowest BCUT2D eigenvalue weighted by atomic mass is 10.1. The van der Waals surface area contributed by atoms with E-state index in [0.29, 0.717) is 17.8 Å². The highest BCUT2D eigenvalue weighted by molar-refractivity contribution is 6.02. The van der Waals surface area contributed by atoms with E-state index in [0.717, 1.165) is 32.0 Å². The highest BCUT2D eigenvalue weighted by atomic mass is 16.5. The molecule has 33 heavy (non-hydrogen) atoms. The molecule has 1 aromatic rings. The van der Waals surface area contributed by atoms with Gasteiger partial charge >= 0.3 is 6.09 Å². The number of hydrogen-bond acceptors (Lipinski definition) is 4. The van der Waals surface area contributed by atoms with Gasteiger partial charge in [-0.05, 0) is 77.6 Å². The van der Waals surface area contributed by atoms with Crippen molar-refractivity contribution < 1.29 is 14.3 Å². The van der Waals surface area contributed by atoms with Crippen molar-refractivity contribution in [3.05, 3.63) is 77.4 Å². The van der Waals surface area contributed by atoms with Gasteiger partial charge in [0.1, 0.15) is 12.9 Å². The summed E-state index contributed by atoms with van der Waals surface area (Å²) < 4.78 is 4.98. The van der Waals surface area contributed by atoms with Gasteiger partial charge in [0.25, 0.3) is 0 Å². The topological polar surface area (TPSA) is 79.8 Å². The van der Waals surface area contributed by atoms with Crippen LogP contribution in [0.4, 0.5) is 10.5 Å². The van der Waals surface area contributed by atoms with Crippen molar-refractivity contribution >= 4 is 24.0 Å². The van der Waals surface area contributed by atoms with Gasteiger partial charge in [0.05, 0.1) is 6.54 Å². The van der Waals surface area contributed by atoms with E-state index in [1.54, 1.807) is 24.3 Å². The fraction of sp³-hybridized carbons (Fsp3) is 0.370. The second-order valence-corrected chi connectivity index (χ2v) is 8.03. The molecule has 0 unspecified atom stereocenters. The fourth-order valence-electron chi connectivity index (χ4n) is 2.79. The number of rotatable bonds is 12. The molecule has 0 fully saturated rings. The third-order valence-corrected chi connectivity index (χ3v) is 4.67. The maximum atomic E-state index is 11.9. The summed E-state index contributed by atoms with van der Waals surface area (Å²) in [6.07, 6.45) is 12.4. The van der Waals surface area contributed by atoms with Crippen LogP contribution in [-0.4, -0.2) is 31.5 Å². The number of nitrogens with zero attached hydrogens (tertiary/aromatic N) is 1. The van der Waals surface area contributed by atoms with Gasteiger partial charge in [0, 0.05) is 11.3 Å². The van der Waals surface area contributed by atoms with Crippen LogP contribution in [0.25, 0.3) is 0 Å². The van der Waals surface area contributed by atoms with Crippen molar-refractivity contribution in [1.29, 1.82) is 0 Å². The number of nitrogens with one attached hydrogen (secondary N) is 2. The van der Waals surface area contributed by atoms with E-state index in [1.807, 2.05) is 6.08 Å². The first kappa shape index (κ1) is 27.6. The van der Waals surface area contributed by atoms with Gasteiger partial charge in [0.15, 0.2) is 0 Å². The Balaban J connectivity index is 2.69. The first-order chi connectivity index (χ1) is 15.8. The summed E-state index contributed by atoms with van der Waals surface area (Å²) in [6.45, 7) is 12.6. The highest BCUT2D eigenvalue weighted by Gasteiger charge is 2.07. The summed E-state index contributed by atoms with van der Waals surface area (Å²) in [4.78, 5) is 27.2. The Kier molecular flexibility index (Phi) is 13.6. The molecule has 0 atom stereocenters. The van der Waals surface area contributed by atoms with Gasteiger partial charge < -0.3 is 10.1 Å². The number of ether oxygens (including phenoxy) is 1. The van der Waals surface area contributed by atoms with Crippen molar-refractivity contribution in [3.8, 4) is 0 Å². The number of allylic oxidation sites excluding steroid dienone is 5. The first-order valence-corrected chi connectivity index (χ1v) is 11.2. The zero-order chi connectivity index (χ0) is 24.5. The number of carbonyl (C=O) groups excluding carboxylic acids is 2. The van der Waals surface area contributed by atoms with E-state index in [9.17, 15) is 9.59 Å². The van der Waals surface area contributed by atoms with Crippen LogP contribution >= 0.6 is 0 Å². The van der Waals surface area contributed by atoms with Crippen LogP contribution in [-0.2, 0) is 4.74 Å². The van der Waals surface area contributed by atoms with E-state index in [1.165, 1.54) is 22.8 Å². The molecule has 1 amide bonds. The standard InChI is InChI=1S/C27H37N3O3/c1-6-19-33-27(32)30-26(29-25-15-13-24(20-31)14-16-25)28-18-17-23(5)12-8-11-22(4)10-7-9-21(2)3/h6,9,11,13-17,20H,1,7-8,10,12,18-19H2,2-5H3,(H2,28,29,30,32)/b22-11+,23-17+. The monoisotopic (exact) mass is 451 g/mol. The van der Waals surface area contributed by atoms with Crippen LogP contribution < -0.4 is 10.6 Å². The largest absolute Gasteiger partial charge is 0.445 e. The molecule has 0 aromatic heterocycles. The minimum absolute atomic E-state index is 0.105. The number of amides is 1. The highest BCUT2D eigenvalue weighted by Crippen LogP contribution is 2.12. The van der Waals surface area contributed by atoms with Crippen molar-refractivity contribution in [2.45, 2.75) is 53.4 Å². The third kappa shape index (κ3) is 13.6. The molecule has 0 bridgehead atoms. The summed E-state index contributed by atoms with van der Waals surface area (Å²) in [5.74, 6) is 0.266. The van der Waals surface area contributed by atoms with Crippen LogP contribution in [0.15, 0.2) is 76.9 Å². The molecular weight excluding hydrogens is 414 g/mol. The third-order valence-electron chi connectivity index (χ3n) is 4.67. The van der Waals surface area contributed by atoms with Crippen molar-refractivity contribution in [3.63, 3.8) is 0 Å². The lowest BCUT2D eigenvalue weighted by Crippen LogP contribution is -2.36. The number of aliphatic imine (C=N–C) groups is 1. The molecule has 0 radical (unpaired) electrons. The molecule has 0 aliphatic heterocycles. The van der Waals surface area contributed by atoms with E-state index >= 15 is 0 Å². The van der Waals surface area contributed by atoms with Crippen molar-refractivity contribution in [1.82, 2.24) is 5.32 Å². The molecule has 1 aromatic carbocycles. The predicted molar refractivity (Wildman–Crippen MR) is 138 cm³/mol. The van der Waals surface area contributed by atoms with E-state index in [4.69, 9.17) is 4.74 Å². The molecule has 0 saturated heterocycles. The van der Waals surface area contributed by atoms with Crippen molar-refractivity contribution in [2.75, 3.05) is 18.5 Å². The second kappa shape index (κ2) is 16.3. The Labute approximate surface area is 198 Å². The number of aldehydes is 1. The molecule has 6 heteroatoms. The zero-order valence-electron chi connectivity index (χ0n) is 20.3. The van der Waals surface area contributed by atoms with Gasteiger partial charge in [-0.1, -0.05) is 47.6 Å². The molecular formula is C27H37N3O3. The molecule has 0 heterocycles. The maximum absolute atomic E-state index is 11.9. The normalized spacial score (nSPS) is 12.1. The predicted octanol–water partition coefficient (Wildman–Crippen LogP) is 6.60. The van der Waals surface area contributed by atoms with E-state index < -0.39 is 6.09 Å². The van der Waals surface area contributed by atoms with Crippen LogP contribution in [0, 0.1) is 0 Å². The zero-order valence-corrected chi connectivity index (χ0v) is 20.3. The molecule has 6 nitrogen and oxygen atoms in total. The summed E-state index contributed by atoms with van der Waals surface area (Å²) >= 11 is 0. The smallest absolute Gasteiger partial charge is 0.414 e. The number of guanidine groups is 1. The average Bonchev–Trinajstić information content (AvgIpc) is 2.77. The number of benzene rings is 1. The number of anilines is 1. The summed E-state index contributed by atoms with van der Waals surface area (Å²) in [7, 11) is 0. The Morgan fingerprint density at radius 1 is 1.00 bits per heavy atom. The Hall–Kier alpha value is -3.41. The van der Waals surface area contributed by atoms with E-state index in [2.05, 4.69) is 62.1 Å². The lowest BCUT2D eigenvalue weighted by molar-refractivity contribution is 0.112. The maximum Gasteiger partial charge on any atom is 0.414 e. The Morgan fingerprint density at radius 2 is 1.64 bits per heavy atom. The van der Waals surface area contributed by atoms with Crippen molar-refractivity contribution in [2.24, 2.45) is 4.99 Å². The molecule has 0 aliphatic rings. The number of hydrogen-bond donors (Lipinski definition) is 2. The van der Waals surface area contributed by atoms with Crippen LogP contribution in [0.2, 0.25) is 0 Å². The molecule has 0 saturated carbocycles. The van der Waals surface area contributed by atoms with E-state index in [-0.39, 0.29) is 12.6 Å². The SMILES string of the molecule is C=CCOC(=O)N/C(=N\C/C=C(\C)CC/C=C(\C)CCC=C(C)C)Nc1ccc(C=O)cc1. The Bertz CT molecular complexity index is 890. The molecule has 2 N–H and O–H groups in total.